The summed E-state index contributed by atoms with van der Waals surface area (Å²) in [6.07, 6.45) is 1.79. The lowest BCUT2D eigenvalue weighted by atomic mass is 9.83. The number of carbonyl (C=O) groups excluding carboxylic acids is 2. The van der Waals surface area contributed by atoms with Crippen LogP contribution in [0.15, 0.2) is 40.9 Å². The third-order valence-corrected chi connectivity index (χ3v) is 5.19. The molecule has 0 radical (unpaired) electrons. The summed E-state index contributed by atoms with van der Waals surface area (Å²) >= 11 is 1.46. The van der Waals surface area contributed by atoms with E-state index in [0.29, 0.717) is 12.1 Å². The molecule has 2 heterocycles. The Kier molecular flexibility index (Phi) is 4.46. The molecule has 23 heavy (non-hydrogen) atoms. The fourth-order valence-corrected chi connectivity index (χ4v) is 3.91. The Morgan fingerprint density at radius 3 is 2.74 bits per heavy atom. The Labute approximate surface area is 139 Å². The Bertz CT molecular complexity index is 656. The van der Waals surface area contributed by atoms with E-state index in [9.17, 15) is 14.7 Å². The molecule has 1 N–H and O–H groups in total. The van der Waals surface area contributed by atoms with Crippen LogP contribution in [-0.4, -0.2) is 40.3 Å². The average Bonchev–Trinajstić information content (AvgIpc) is 2.87. The SMILES string of the molecule is CSC1=C(C(=O)OCc2ccccc2)N2C(=O)[C@H]([C@H](C)O)[C@H]2C1. The fraction of sp³-hybridized carbons (Fsp3) is 0.412. The van der Waals surface area contributed by atoms with Gasteiger partial charge in [0.15, 0.2) is 0 Å². The summed E-state index contributed by atoms with van der Waals surface area (Å²) in [6, 6.07) is 9.31. The highest BCUT2D eigenvalue weighted by Crippen LogP contribution is 2.46. The summed E-state index contributed by atoms with van der Waals surface area (Å²) in [5.41, 5.74) is 1.25. The maximum atomic E-state index is 12.5. The lowest BCUT2D eigenvalue weighted by Crippen LogP contribution is -2.61. The largest absolute Gasteiger partial charge is 0.456 e. The molecule has 0 spiro atoms. The van der Waals surface area contributed by atoms with Crippen LogP contribution >= 0.6 is 11.8 Å². The Morgan fingerprint density at radius 1 is 1.43 bits per heavy atom. The van der Waals surface area contributed by atoms with Crippen molar-refractivity contribution in [3.63, 3.8) is 0 Å². The number of benzene rings is 1. The van der Waals surface area contributed by atoms with Crippen molar-refractivity contribution in [1.29, 1.82) is 0 Å². The van der Waals surface area contributed by atoms with Crippen molar-refractivity contribution in [2.45, 2.75) is 32.1 Å². The molecule has 3 rings (SSSR count). The smallest absolute Gasteiger partial charge is 0.356 e. The van der Waals surface area contributed by atoms with E-state index in [0.717, 1.165) is 10.5 Å². The summed E-state index contributed by atoms with van der Waals surface area (Å²) in [5, 5.41) is 9.74. The van der Waals surface area contributed by atoms with Crippen molar-refractivity contribution in [2.75, 3.05) is 6.26 Å². The van der Waals surface area contributed by atoms with E-state index in [-0.39, 0.29) is 18.6 Å². The summed E-state index contributed by atoms with van der Waals surface area (Å²) < 4.78 is 5.37. The van der Waals surface area contributed by atoms with Crippen LogP contribution in [0.5, 0.6) is 0 Å². The zero-order chi connectivity index (χ0) is 16.6. The van der Waals surface area contributed by atoms with Crippen LogP contribution < -0.4 is 0 Å². The van der Waals surface area contributed by atoms with Gasteiger partial charge in [0.1, 0.15) is 12.3 Å². The molecule has 1 saturated heterocycles. The number of fused-ring (bicyclic) bond motifs is 1. The number of ether oxygens (including phenoxy) is 1. The Hall–Kier alpha value is -1.79. The molecule has 1 fully saturated rings. The van der Waals surface area contributed by atoms with Gasteiger partial charge in [0, 0.05) is 11.3 Å². The number of nitrogens with zero attached hydrogens (tertiary/aromatic N) is 1. The van der Waals surface area contributed by atoms with Crippen LogP contribution in [0.4, 0.5) is 0 Å². The van der Waals surface area contributed by atoms with Gasteiger partial charge in [-0.3, -0.25) is 4.79 Å². The third-order valence-electron chi connectivity index (χ3n) is 4.34. The second kappa shape index (κ2) is 6.37. The monoisotopic (exact) mass is 333 g/mol. The Morgan fingerprint density at radius 2 is 2.13 bits per heavy atom. The van der Waals surface area contributed by atoms with Crippen molar-refractivity contribution in [2.24, 2.45) is 5.92 Å². The average molecular weight is 333 g/mol. The molecule has 0 aliphatic carbocycles. The number of β-lactam (4-membered cyclic amide) rings is 1. The van der Waals surface area contributed by atoms with Crippen LogP contribution in [-0.2, 0) is 20.9 Å². The molecule has 5 nitrogen and oxygen atoms in total. The van der Waals surface area contributed by atoms with Gasteiger partial charge in [-0.2, -0.15) is 0 Å². The molecule has 122 valence electrons. The van der Waals surface area contributed by atoms with E-state index in [1.54, 1.807) is 6.92 Å². The van der Waals surface area contributed by atoms with Crippen molar-refractivity contribution >= 4 is 23.6 Å². The van der Waals surface area contributed by atoms with E-state index in [1.807, 2.05) is 36.6 Å². The molecule has 0 aromatic heterocycles. The van der Waals surface area contributed by atoms with Gasteiger partial charge in [-0.25, -0.2) is 4.79 Å². The number of hydrogen-bond acceptors (Lipinski definition) is 5. The van der Waals surface area contributed by atoms with Crippen LogP contribution in [0.25, 0.3) is 0 Å². The lowest BCUT2D eigenvalue weighted by molar-refractivity contribution is -0.162. The molecular weight excluding hydrogens is 314 g/mol. The minimum Gasteiger partial charge on any atom is -0.456 e. The van der Waals surface area contributed by atoms with Crippen molar-refractivity contribution in [1.82, 2.24) is 4.90 Å². The van der Waals surface area contributed by atoms with Crippen LogP contribution in [0.2, 0.25) is 0 Å². The molecule has 0 unspecified atom stereocenters. The van der Waals surface area contributed by atoms with E-state index < -0.39 is 18.0 Å². The minimum absolute atomic E-state index is 0.121. The van der Waals surface area contributed by atoms with Crippen LogP contribution in [0.3, 0.4) is 0 Å². The van der Waals surface area contributed by atoms with Crippen molar-refractivity contribution in [3.8, 4) is 0 Å². The van der Waals surface area contributed by atoms with Gasteiger partial charge in [0.25, 0.3) is 0 Å². The van der Waals surface area contributed by atoms with Gasteiger partial charge in [-0.1, -0.05) is 30.3 Å². The highest BCUT2D eigenvalue weighted by molar-refractivity contribution is 8.02. The zero-order valence-corrected chi connectivity index (χ0v) is 13.9. The number of esters is 1. The van der Waals surface area contributed by atoms with Gasteiger partial charge in [0.2, 0.25) is 5.91 Å². The molecule has 6 heteroatoms. The van der Waals surface area contributed by atoms with E-state index in [2.05, 4.69) is 0 Å². The summed E-state index contributed by atoms with van der Waals surface area (Å²) in [7, 11) is 0. The standard InChI is InChI=1S/C17H19NO4S/c1-10(19)14-12-8-13(23-2)15(18(12)16(14)20)17(21)22-9-11-6-4-3-5-7-11/h3-7,10,12,14,19H,8-9H2,1-2H3/t10-,12+,14+/m0/s1. The lowest BCUT2D eigenvalue weighted by Gasteiger charge is -2.44. The van der Waals surface area contributed by atoms with Gasteiger partial charge in [-0.05, 0) is 18.7 Å². The predicted octanol–water partition coefficient (Wildman–Crippen LogP) is 1.92. The molecule has 0 bridgehead atoms. The van der Waals surface area contributed by atoms with Gasteiger partial charge in [0.05, 0.1) is 18.1 Å². The molecule has 2 aliphatic heterocycles. The maximum absolute atomic E-state index is 12.5. The number of hydrogen-bond donors (Lipinski definition) is 1. The number of aliphatic hydroxyl groups excluding tert-OH is 1. The molecule has 3 atom stereocenters. The quantitative estimate of drug-likeness (QED) is 0.659. The van der Waals surface area contributed by atoms with E-state index in [4.69, 9.17) is 4.74 Å². The second-order valence-electron chi connectivity index (χ2n) is 5.78. The summed E-state index contributed by atoms with van der Waals surface area (Å²) in [5.74, 6) is -1.09. The third kappa shape index (κ3) is 2.77. The van der Waals surface area contributed by atoms with E-state index in [1.165, 1.54) is 16.7 Å². The van der Waals surface area contributed by atoms with Crippen LogP contribution in [0, 0.1) is 5.92 Å². The van der Waals surface area contributed by atoms with E-state index >= 15 is 0 Å². The fourth-order valence-electron chi connectivity index (χ4n) is 3.19. The predicted molar refractivity (Wildman–Crippen MR) is 87.2 cm³/mol. The molecular formula is C17H19NO4S. The second-order valence-corrected chi connectivity index (χ2v) is 6.68. The summed E-state index contributed by atoms with van der Waals surface area (Å²) in [6.45, 7) is 1.79. The minimum atomic E-state index is -0.702. The normalized spacial score (nSPS) is 24.3. The van der Waals surface area contributed by atoms with Gasteiger partial charge in [-0.15, -0.1) is 11.8 Å². The highest BCUT2D eigenvalue weighted by Gasteiger charge is 2.56. The molecule has 0 saturated carbocycles. The first-order chi connectivity index (χ1) is 11.0. The van der Waals surface area contributed by atoms with Crippen molar-refractivity contribution < 1.29 is 19.4 Å². The molecule has 2 aliphatic rings. The number of rotatable bonds is 5. The molecule has 1 aromatic rings. The summed E-state index contributed by atoms with van der Waals surface area (Å²) in [4.78, 5) is 27.0. The highest BCUT2D eigenvalue weighted by atomic mass is 32.2. The maximum Gasteiger partial charge on any atom is 0.356 e. The topological polar surface area (TPSA) is 66.8 Å². The van der Waals surface area contributed by atoms with Crippen LogP contribution in [0.1, 0.15) is 18.9 Å². The first kappa shape index (κ1) is 16.1. The van der Waals surface area contributed by atoms with Gasteiger partial charge < -0.3 is 14.7 Å². The zero-order valence-electron chi connectivity index (χ0n) is 13.1. The Balaban J connectivity index is 1.73. The van der Waals surface area contributed by atoms with Crippen molar-refractivity contribution in [3.05, 3.63) is 46.5 Å². The number of thioether (sulfide) groups is 1. The number of aliphatic hydroxyl groups is 1. The first-order valence-corrected chi connectivity index (χ1v) is 8.76. The number of carbonyl (C=O) groups is 2. The number of amides is 1. The van der Waals surface area contributed by atoms with Gasteiger partial charge >= 0.3 is 5.97 Å². The molecule has 1 amide bonds. The first-order valence-electron chi connectivity index (χ1n) is 7.54. The molecule has 1 aromatic carbocycles.